The van der Waals surface area contributed by atoms with Crippen LogP contribution in [0.5, 0.6) is 17.2 Å². The van der Waals surface area contributed by atoms with Gasteiger partial charge in [0.25, 0.3) is 0 Å². The molecule has 0 saturated carbocycles. The van der Waals surface area contributed by atoms with Gasteiger partial charge in [0, 0.05) is 11.1 Å². The lowest BCUT2D eigenvalue weighted by molar-refractivity contribution is 0.440. The smallest absolute Gasteiger partial charge is 0.320 e. The molecule has 24 heavy (non-hydrogen) atoms. The standard InChI is InChI=1S/C19H14O4S/c20-24(21,23-14-8-2-1-3-9-14)19-15-10-4-6-12-17(15)22-18-13-7-5-11-16(18)19/h1-13,19H. The number of hydrogen-bond donors (Lipinski definition) is 0. The van der Waals surface area contributed by atoms with Crippen molar-refractivity contribution in [1.29, 1.82) is 0 Å². The molecule has 0 radical (unpaired) electrons. The van der Waals surface area contributed by atoms with Crippen LogP contribution in [0.1, 0.15) is 16.4 Å². The molecule has 0 unspecified atom stereocenters. The molecular formula is C19H14O4S. The Labute approximate surface area is 140 Å². The van der Waals surface area contributed by atoms with E-state index in [2.05, 4.69) is 0 Å². The van der Waals surface area contributed by atoms with Gasteiger partial charge >= 0.3 is 10.1 Å². The Morgan fingerprint density at radius 1 is 0.708 bits per heavy atom. The normalized spacial score (nSPS) is 13.5. The Balaban J connectivity index is 1.85. The minimum Gasteiger partial charge on any atom is -0.457 e. The van der Waals surface area contributed by atoms with E-state index in [1.54, 1.807) is 66.7 Å². The molecule has 3 aromatic rings. The summed E-state index contributed by atoms with van der Waals surface area (Å²) in [4.78, 5) is 0. The fourth-order valence-corrected chi connectivity index (χ4v) is 4.32. The molecule has 0 atom stereocenters. The molecule has 4 nitrogen and oxygen atoms in total. The molecule has 120 valence electrons. The lowest BCUT2D eigenvalue weighted by Crippen LogP contribution is -2.23. The summed E-state index contributed by atoms with van der Waals surface area (Å²) < 4.78 is 37.2. The van der Waals surface area contributed by atoms with Crippen LogP contribution in [0.4, 0.5) is 0 Å². The van der Waals surface area contributed by atoms with Gasteiger partial charge in [0.1, 0.15) is 17.2 Å². The van der Waals surface area contributed by atoms with Crippen molar-refractivity contribution in [2.75, 3.05) is 0 Å². The van der Waals surface area contributed by atoms with Crippen LogP contribution in [0.15, 0.2) is 78.9 Å². The maximum absolute atomic E-state index is 13.0. The zero-order chi connectivity index (χ0) is 16.6. The van der Waals surface area contributed by atoms with Crippen molar-refractivity contribution in [3.05, 3.63) is 90.0 Å². The quantitative estimate of drug-likeness (QED) is 0.669. The molecule has 1 heterocycles. The van der Waals surface area contributed by atoms with Crippen molar-refractivity contribution < 1.29 is 17.3 Å². The Morgan fingerprint density at radius 3 is 1.79 bits per heavy atom. The largest absolute Gasteiger partial charge is 0.457 e. The Morgan fingerprint density at radius 2 is 1.21 bits per heavy atom. The van der Waals surface area contributed by atoms with Crippen molar-refractivity contribution in [1.82, 2.24) is 0 Å². The molecule has 1 aliphatic rings. The van der Waals surface area contributed by atoms with E-state index in [1.807, 2.05) is 12.1 Å². The van der Waals surface area contributed by atoms with Crippen LogP contribution in [0.2, 0.25) is 0 Å². The van der Waals surface area contributed by atoms with E-state index in [-0.39, 0.29) is 0 Å². The van der Waals surface area contributed by atoms with E-state index in [0.29, 0.717) is 28.4 Å². The second-order valence-corrected chi connectivity index (χ2v) is 7.07. The fraction of sp³-hybridized carbons (Fsp3) is 0.0526. The summed E-state index contributed by atoms with van der Waals surface area (Å²) in [7, 11) is -3.94. The summed E-state index contributed by atoms with van der Waals surface area (Å²) in [5.74, 6) is 1.35. The number of benzene rings is 3. The topological polar surface area (TPSA) is 52.6 Å². The van der Waals surface area contributed by atoms with Crippen LogP contribution in [0.3, 0.4) is 0 Å². The van der Waals surface area contributed by atoms with Gasteiger partial charge in [-0.3, -0.25) is 0 Å². The molecule has 0 spiro atoms. The van der Waals surface area contributed by atoms with Gasteiger partial charge in [-0.05, 0) is 24.3 Å². The number of hydrogen-bond acceptors (Lipinski definition) is 4. The minimum absolute atomic E-state index is 0.291. The molecule has 4 rings (SSSR count). The molecule has 0 aromatic heterocycles. The van der Waals surface area contributed by atoms with Gasteiger partial charge in [-0.15, -0.1) is 0 Å². The van der Waals surface area contributed by atoms with Gasteiger partial charge in [-0.1, -0.05) is 54.6 Å². The van der Waals surface area contributed by atoms with Crippen LogP contribution < -0.4 is 8.92 Å². The van der Waals surface area contributed by atoms with E-state index < -0.39 is 15.4 Å². The third-order valence-corrected chi connectivity index (χ3v) is 5.38. The van der Waals surface area contributed by atoms with Crippen LogP contribution in [-0.2, 0) is 10.1 Å². The number of para-hydroxylation sites is 3. The van der Waals surface area contributed by atoms with Gasteiger partial charge < -0.3 is 8.92 Å². The molecule has 3 aromatic carbocycles. The van der Waals surface area contributed by atoms with E-state index in [1.165, 1.54) is 0 Å². The zero-order valence-electron chi connectivity index (χ0n) is 12.6. The molecule has 0 aliphatic carbocycles. The van der Waals surface area contributed by atoms with E-state index in [9.17, 15) is 8.42 Å². The predicted molar refractivity (Wildman–Crippen MR) is 90.8 cm³/mol. The third kappa shape index (κ3) is 2.53. The predicted octanol–water partition coefficient (Wildman–Crippen LogP) is 4.29. The SMILES string of the molecule is O=S(=O)(Oc1ccccc1)C1c2ccccc2Oc2ccccc21. The summed E-state index contributed by atoms with van der Waals surface area (Å²) in [5.41, 5.74) is 1.15. The lowest BCUT2D eigenvalue weighted by atomic mass is 10.00. The van der Waals surface area contributed by atoms with Crippen LogP contribution in [0.25, 0.3) is 0 Å². The summed E-state index contributed by atoms with van der Waals surface area (Å²) in [6.07, 6.45) is 0. The highest BCUT2D eigenvalue weighted by Gasteiger charge is 2.38. The van der Waals surface area contributed by atoms with E-state index in [0.717, 1.165) is 0 Å². The Bertz CT molecular complexity index is 936. The molecular weight excluding hydrogens is 324 g/mol. The fourth-order valence-electron chi connectivity index (χ4n) is 2.84. The molecule has 0 N–H and O–H groups in total. The first-order valence-corrected chi connectivity index (χ1v) is 8.96. The average molecular weight is 338 g/mol. The highest BCUT2D eigenvalue weighted by molar-refractivity contribution is 7.87. The van der Waals surface area contributed by atoms with Gasteiger partial charge in [-0.25, -0.2) is 0 Å². The van der Waals surface area contributed by atoms with Gasteiger partial charge in [0.15, 0.2) is 5.25 Å². The summed E-state index contributed by atoms with van der Waals surface area (Å²) in [6.45, 7) is 0. The second-order valence-electron chi connectivity index (χ2n) is 5.45. The molecule has 0 fully saturated rings. The Kier molecular flexibility index (Phi) is 3.50. The van der Waals surface area contributed by atoms with Crippen molar-refractivity contribution in [2.45, 2.75) is 5.25 Å². The average Bonchev–Trinajstić information content (AvgIpc) is 2.60. The maximum Gasteiger partial charge on any atom is 0.320 e. The number of ether oxygens (including phenoxy) is 1. The minimum atomic E-state index is -3.94. The van der Waals surface area contributed by atoms with Crippen molar-refractivity contribution in [3.63, 3.8) is 0 Å². The highest BCUT2D eigenvalue weighted by Crippen LogP contribution is 2.46. The molecule has 0 saturated heterocycles. The molecule has 1 aliphatic heterocycles. The molecule has 0 bridgehead atoms. The van der Waals surface area contributed by atoms with Gasteiger partial charge in [0.2, 0.25) is 0 Å². The van der Waals surface area contributed by atoms with Crippen molar-refractivity contribution >= 4 is 10.1 Å². The van der Waals surface area contributed by atoms with Crippen LogP contribution in [0, 0.1) is 0 Å². The monoisotopic (exact) mass is 338 g/mol. The van der Waals surface area contributed by atoms with Gasteiger partial charge in [-0.2, -0.15) is 8.42 Å². The highest BCUT2D eigenvalue weighted by atomic mass is 32.2. The maximum atomic E-state index is 13.0. The summed E-state index contributed by atoms with van der Waals surface area (Å²) in [5, 5.41) is -0.932. The molecule has 0 amide bonds. The first kappa shape index (κ1) is 14.8. The van der Waals surface area contributed by atoms with Crippen LogP contribution >= 0.6 is 0 Å². The zero-order valence-corrected chi connectivity index (χ0v) is 13.4. The van der Waals surface area contributed by atoms with E-state index >= 15 is 0 Å². The first-order chi connectivity index (χ1) is 11.6. The second kappa shape index (κ2) is 5.69. The summed E-state index contributed by atoms with van der Waals surface area (Å²) >= 11 is 0. The first-order valence-electron chi connectivity index (χ1n) is 7.49. The van der Waals surface area contributed by atoms with Crippen molar-refractivity contribution in [2.24, 2.45) is 0 Å². The third-order valence-electron chi connectivity index (χ3n) is 3.87. The lowest BCUT2D eigenvalue weighted by Gasteiger charge is -2.27. The van der Waals surface area contributed by atoms with Crippen LogP contribution in [-0.4, -0.2) is 8.42 Å². The summed E-state index contributed by atoms with van der Waals surface area (Å²) in [6, 6.07) is 22.7. The Hall–Kier alpha value is -2.79. The molecule has 5 heteroatoms. The van der Waals surface area contributed by atoms with Gasteiger partial charge in [0.05, 0.1) is 0 Å². The number of rotatable bonds is 3. The number of fused-ring (bicyclic) bond motifs is 2. The van der Waals surface area contributed by atoms with E-state index in [4.69, 9.17) is 8.92 Å². The van der Waals surface area contributed by atoms with Crippen molar-refractivity contribution in [3.8, 4) is 17.2 Å².